The minimum atomic E-state index is -0.203. The van der Waals surface area contributed by atoms with Crippen molar-refractivity contribution in [2.24, 2.45) is 5.92 Å². The van der Waals surface area contributed by atoms with Crippen LogP contribution in [0.25, 0.3) is 5.65 Å². The number of likely N-dealkylation sites (tertiary alicyclic amines) is 1. The average molecular weight is 304 g/mol. The van der Waals surface area contributed by atoms with Gasteiger partial charge in [-0.2, -0.15) is 5.26 Å². The predicted molar refractivity (Wildman–Crippen MR) is 77.8 cm³/mol. The average Bonchev–Trinajstić information content (AvgIpc) is 3.10. The highest BCUT2D eigenvalue weighted by Crippen LogP contribution is 2.15. The molecular weight excluding hydrogens is 290 g/mol. The van der Waals surface area contributed by atoms with Gasteiger partial charge in [0.1, 0.15) is 11.3 Å². The Balaban J connectivity index is 1.63. The van der Waals surface area contributed by atoms with E-state index >= 15 is 0 Å². The minimum absolute atomic E-state index is 0.203. The number of aromatic nitrogens is 2. The van der Waals surface area contributed by atoms with E-state index < -0.39 is 0 Å². The number of nitrogens with zero attached hydrogens (tertiary/aromatic N) is 4. The molecule has 1 unspecified atom stereocenters. The van der Waals surface area contributed by atoms with Crippen molar-refractivity contribution < 1.29 is 4.79 Å². The first-order chi connectivity index (χ1) is 10.2. The lowest BCUT2D eigenvalue weighted by Gasteiger charge is -2.10. The SMILES string of the molecule is N#CN1CCC(CNC(=O)c2cn3cc(Cl)ccc3n2)C1. The zero-order valence-corrected chi connectivity index (χ0v) is 12.0. The number of rotatable bonds is 3. The Morgan fingerprint density at radius 2 is 2.38 bits per heavy atom. The summed E-state index contributed by atoms with van der Waals surface area (Å²) in [5, 5.41) is 12.3. The number of imidazole rings is 1. The summed E-state index contributed by atoms with van der Waals surface area (Å²) in [5.74, 6) is 0.116. The summed E-state index contributed by atoms with van der Waals surface area (Å²) < 4.78 is 1.73. The van der Waals surface area contributed by atoms with Gasteiger partial charge in [-0.25, -0.2) is 4.98 Å². The number of fused-ring (bicyclic) bond motifs is 1. The molecule has 3 heterocycles. The van der Waals surface area contributed by atoms with Crippen molar-refractivity contribution in [3.05, 3.63) is 35.2 Å². The minimum Gasteiger partial charge on any atom is -0.350 e. The highest BCUT2D eigenvalue weighted by atomic mass is 35.5. The van der Waals surface area contributed by atoms with Crippen LogP contribution < -0.4 is 5.32 Å². The molecule has 0 spiro atoms. The van der Waals surface area contributed by atoms with E-state index in [1.165, 1.54) is 0 Å². The fraction of sp³-hybridized carbons (Fsp3) is 0.357. The summed E-state index contributed by atoms with van der Waals surface area (Å²) in [7, 11) is 0. The van der Waals surface area contributed by atoms with Crippen LogP contribution in [0.4, 0.5) is 0 Å². The summed E-state index contributed by atoms with van der Waals surface area (Å²) in [5.41, 5.74) is 1.05. The molecule has 2 aromatic heterocycles. The highest BCUT2D eigenvalue weighted by molar-refractivity contribution is 6.30. The molecule has 0 radical (unpaired) electrons. The Morgan fingerprint density at radius 3 is 3.14 bits per heavy atom. The van der Waals surface area contributed by atoms with Gasteiger partial charge in [-0.1, -0.05) is 11.6 Å². The van der Waals surface area contributed by atoms with Crippen LogP contribution in [0.3, 0.4) is 0 Å². The Kier molecular flexibility index (Phi) is 3.67. The lowest BCUT2D eigenvalue weighted by atomic mass is 10.1. The van der Waals surface area contributed by atoms with Gasteiger partial charge >= 0.3 is 0 Å². The summed E-state index contributed by atoms with van der Waals surface area (Å²) in [6.07, 6.45) is 6.42. The van der Waals surface area contributed by atoms with Crippen LogP contribution >= 0.6 is 11.6 Å². The van der Waals surface area contributed by atoms with E-state index in [0.717, 1.165) is 13.0 Å². The molecule has 6 nitrogen and oxygen atoms in total. The monoisotopic (exact) mass is 303 g/mol. The van der Waals surface area contributed by atoms with E-state index in [-0.39, 0.29) is 5.91 Å². The zero-order valence-electron chi connectivity index (χ0n) is 11.3. The second-order valence-corrected chi connectivity index (χ2v) is 5.59. The summed E-state index contributed by atoms with van der Waals surface area (Å²) >= 11 is 5.90. The van der Waals surface area contributed by atoms with Gasteiger partial charge < -0.3 is 14.6 Å². The number of halogens is 1. The quantitative estimate of drug-likeness (QED) is 0.873. The van der Waals surface area contributed by atoms with E-state index in [9.17, 15) is 4.79 Å². The molecule has 108 valence electrons. The molecule has 0 aromatic carbocycles. The molecule has 2 aromatic rings. The third-order valence-electron chi connectivity index (χ3n) is 3.63. The van der Waals surface area contributed by atoms with Crippen molar-refractivity contribution in [1.29, 1.82) is 5.26 Å². The van der Waals surface area contributed by atoms with E-state index in [1.54, 1.807) is 33.8 Å². The molecule has 3 rings (SSSR count). The van der Waals surface area contributed by atoms with Crippen molar-refractivity contribution in [3.63, 3.8) is 0 Å². The molecule has 0 bridgehead atoms. The van der Waals surface area contributed by atoms with Gasteiger partial charge in [0.2, 0.25) is 0 Å². The fourth-order valence-electron chi connectivity index (χ4n) is 2.49. The van der Waals surface area contributed by atoms with Gasteiger partial charge in [0.05, 0.1) is 5.02 Å². The molecule has 0 aliphatic carbocycles. The van der Waals surface area contributed by atoms with Gasteiger partial charge in [-0.05, 0) is 24.5 Å². The number of hydrogen-bond acceptors (Lipinski definition) is 4. The predicted octanol–water partition coefficient (Wildman–Crippen LogP) is 1.52. The third-order valence-corrected chi connectivity index (χ3v) is 3.85. The number of hydrogen-bond donors (Lipinski definition) is 1. The van der Waals surface area contributed by atoms with Crippen LogP contribution in [0.5, 0.6) is 0 Å². The van der Waals surface area contributed by atoms with Crippen LogP contribution in [-0.2, 0) is 0 Å². The first-order valence-corrected chi connectivity index (χ1v) is 7.10. The largest absolute Gasteiger partial charge is 0.350 e. The lowest BCUT2D eigenvalue weighted by Crippen LogP contribution is -2.30. The van der Waals surface area contributed by atoms with E-state index in [0.29, 0.717) is 35.4 Å². The Hall–Kier alpha value is -2.26. The molecule has 1 aliphatic heterocycles. The Morgan fingerprint density at radius 1 is 1.52 bits per heavy atom. The number of pyridine rings is 1. The summed E-state index contributed by atoms with van der Waals surface area (Å²) in [6, 6.07) is 3.50. The second-order valence-electron chi connectivity index (χ2n) is 5.15. The molecule has 1 fully saturated rings. The van der Waals surface area contributed by atoms with Crippen molar-refractivity contribution in [2.45, 2.75) is 6.42 Å². The smallest absolute Gasteiger partial charge is 0.271 e. The molecule has 1 aliphatic rings. The lowest BCUT2D eigenvalue weighted by molar-refractivity contribution is 0.0943. The molecule has 1 N–H and O–H groups in total. The Bertz CT molecular complexity index is 720. The van der Waals surface area contributed by atoms with E-state index in [1.807, 2.05) is 0 Å². The molecule has 1 atom stereocenters. The fourth-order valence-corrected chi connectivity index (χ4v) is 2.66. The maximum Gasteiger partial charge on any atom is 0.271 e. The molecular formula is C14H14ClN5O. The van der Waals surface area contributed by atoms with Gasteiger partial charge in [-0.15, -0.1) is 0 Å². The highest BCUT2D eigenvalue weighted by Gasteiger charge is 2.22. The molecule has 21 heavy (non-hydrogen) atoms. The molecule has 7 heteroatoms. The molecule has 1 amide bonds. The number of nitrogens with one attached hydrogen (secondary N) is 1. The summed E-state index contributed by atoms with van der Waals surface area (Å²) in [4.78, 5) is 18.1. The molecule has 1 saturated heterocycles. The van der Waals surface area contributed by atoms with Gasteiger partial charge in [0, 0.05) is 32.0 Å². The van der Waals surface area contributed by atoms with Gasteiger partial charge in [-0.3, -0.25) is 4.79 Å². The second kappa shape index (κ2) is 5.62. The topological polar surface area (TPSA) is 73.4 Å². The molecule has 0 saturated carbocycles. The first kappa shape index (κ1) is 13.7. The summed E-state index contributed by atoms with van der Waals surface area (Å²) in [6.45, 7) is 2.03. The van der Waals surface area contributed by atoms with Crippen LogP contribution in [0.2, 0.25) is 5.02 Å². The third kappa shape index (κ3) is 2.93. The van der Waals surface area contributed by atoms with Crippen LogP contribution in [0, 0.1) is 17.4 Å². The van der Waals surface area contributed by atoms with Crippen molar-refractivity contribution >= 4 is 23.2 Å². The zero-order chi connectivity index (χ0) is 14.8. The number of carbonyl (C=O) groups excluding carboxylic acids is 1. The van der Waals surface area contributed by atoms with Crippen molar-refractivity contribution in [1.82, 2.24) is 19.6 Å². The van der Waals surface area contributed by atoms with Gasteiger partial charge in [0.25, 0.3) is 5.91 Å². The standard InChI is InChI=1S/C14H14ClN5O/c15-11-1-2-13-18-12(8-20(13)7-11)14(21)17-5-10-3-4-19(6-10)9-16/h1-2,7-8,10H,3-6H2,(H,17,21). The van der Waals surface area contributed by atoms with Gasteiger partial charge in [0.15, 0.2) is 6.19 Å². The van der Waals surface area contributed by atoms with Crippen molar-refractivity contribution in [2.75, 3.05) is 19.6 Å². The van der Waals surface area contributed by atoms with Crippen molar-refractivity contribution in [3.8, 4) is 6.19 Å². The van der Waals surface area contributed by atoms with Crippen LogP contribution in [0.15, 0.2) is 24.5 Å². The normalized spacial score (nSPS) is 17.9. The van der Waals surface area contributed by atoms with Crippen LogP contribution in [-0.4, -0.2) is 39.8 Å². The number of amides is 1. The first-order valence-electron chi connectivity index (χ1n) is 6.73. The van der Waals surface area contributed by atoms with E-state index in [2.05, 4.69) is 16.5 Å². The van der Waals surface area contributed by atoms with Crippen LogP contribution in [0.1, 0.15) is 16.9 Å². The van der Waals surface area contributed by atoms with E-state index in [4.69, 9.17) is 16.9 Å². The maximum absolute atomic E-state index is 12.1. The number of carbonyl (C=O) groups is 1. The Labute approximate surface area is 126 Å². The number of nitriles is 1. The maximum atomic E-state index is 12.1.